The molecule has 2 saturated heterocycles. The number of carbonyl (C=O) groups excluding carboxylic acids is 1. The normalized spacial score (nSPS) is 19.0. The van der Waals surface area contributed by atoms with Crippen LogP contribution in [-0.4, -0.2) is 94.4 Å². The topological polar surface area (TPSA) is 130 Å². The second-order valence-electron chi connectivity index (χ2n) is 12.3. The van der Waals surface area contributed by atoms with Crippen LogP contribution in [0.3, 0.4) is 0 Å². The number of nitrogens with one attached hydrogen (secondary N) is 1. The van der Waals surface area contributed by atoms with Crippen molar-refractivity contribution in [1.82, 2.24) is 44.3 Å². The van der Waals surface area contributed by atoms with Crippen molar-refractivity contribution in [3.8, 4) is 17.0 Å². The minimum absolute atomic E-state index is 0.0370. The molecule has 0 spiro atoms. The van der Waals surface area contributed by atoms with Crippen molar-refractivity contribution in [2.45, 2.75) is 67.5 Å². The van der Waals surface area contributed by atoms with Gasteiger partial charge in [-0.15, -0.1) is 16.9 Å². The van der Waals surface area contributed by atoms with E-state index in [1.54, 1.807) is 53.2 Å². The van der Waals surface area contributed by atoms with Gasteiger partial charge in [0.25, 0.3) is 5.91 Å². The number of carbonyl (C=O) groups is 1. The predicted octanol–water partition coefficient (Wildman–Crippen LogP) is 4.77. The summed E-state index contributed by atoms with van der Waals surface area (Å²) in [6, 6.07) is 7.56. The monoisotopic (exact) mass is 676 g/mol. The number of amides is 1. The molecule has 1 saturated carbocycles. The lowest BCUT2D eigenvalue weighted by Crippen LogP contribution is -2.42. The average Bonchev–Trinajstić information content (AvgIpc) is 3.54. The molecule has 1 atom stereocenters. The first-order valence-electron chi connectivity index (χ1n) is 16.1. The SMILES string of the molecule is O=C(Nc1cn(Cc2cn(C3CCN(C4CCOC4)CC3)nn2)nc1-c1cc(SC2CC2)ccc1OC(F)F)c1cnn2cccnc12. The fourth-order valence-electron chi connectivity index (χ4n) is 6.37. The number of thioether (sulfide) groups is 1. The van der Waals surface area contributed by atoms with Gasteiger partial charge in [0.15, 0.2) is 5.65 Å². The lowest BCUT2D eigenvalue weighted by Gasteiger charge is -2.35. The largest absolute Gasteiger partial charge is 0.434 e. The summed E-state index contributed by atoms with van der Waals surface area (Å²) in [5.74, 6) is -0.504. The summed E-state index contributed by atoms with van der Waals surface area (Å²) in [5, 5.41) is 21.3. The molecule has 8 rings (SSSR count). The third-order valence-electron chi connectivity index (χ3n) is 8.96. The Balaban J connectivity index is 1.08. The molecule has 5 aromatic rings. The van der Waals surface area contributed by atoms with Crippen LogP contribution < -0.4 is 10.1 Å². The molecule has 1 amide bonds. The van der Waals surface area contributed by atoms with Crippen LogP contribution in [0.15, 0.2) is 60.1 Å². The molecular weight excluding hydrogens is 642 g/mol. The predicted molar refractivity (Wildman–Crippen MR) is 172 cm³/mol. The number of aromatic nitrogens is 8. The Kier molecular flexibility index (Phi) is 8.52. The van der Waals surface area contributed by atoms with E-state index in [0.29, 0.717) is 33.9 Å². The van der Waals surface area contributed by atoms with Gasteiger partial charge in [-0.05, 0) is 56.4 Å². The standard InChI is InChI=1S/C32H34F2N10O3S/c33-32(34)47-28-5-4-24(48-23-2-3-23)14-25(28)29-27(37-31(45)26-15-36-43-10-1-9-35-30(26)43)18-42(39-29)16-20-17-44(40-38-20)21-6-11-41(12-7-21)22-8-13-46-19-22/h1,4-5,9-10,14-15,17-18,21-23,32H,2-3,6-8,11-13,16,19H2,(H,37,45). The first-order chi connectivity index (χ1) is 23.5. The van der Waals surface area contributed by atoms with E-state index in [4.69, 9.17) is 14.6 Å². The van der Waals surface area contributed by atoms with Gasteiger partial charge in [0.05, 0.1) is 37.3 Å². The molecule has 1 aliphatic carbocycles. The Morgan fingerprint density at radius 1 is 1.12 bits per heavy atom. The second kappa shape index (κ2) is 13.2. The fraction of sp³-hybridized carbons (Fsp3) is 0.438. The lowest BCUT2D eigenvalue weighted by atomic mass is 10.0. The first-order valence-corrected chi connectivity index (χ1v) is 17.0. The van der Waals surface area contributed by atoms with Crippen molar-refractivity contribution in [3.05, 3.63) is 66.5 Å². The highest BCUT2D eigenvalue weighted by molar-refractivity contribution is 8.00. The van der Waals surface area contributed by atoms with E-state index in [1.807, 2.05) is 10.9 Å². The molecule has 16 heteroatoms. The van der Waals surface area contributed by atoms with E-state index in [-0.39, 0.29) is 29.6 Å². The summed E-state index contributed by atoms with van der Waals surface area (Å²) in [4.78, 5) is 21.3. The highest BCUT2D eigenvalue weighted by atomic mass is 32.2. The molecule has 0 bridgehead atoms. The van der Waals surface area contributed by atoms with E-state index in [9.17, 15) is 13.6 Å². The number of nitrogens with zero attached hydrogens (tertiary/aromatic N) is 9. The third kappa shape index (κ3) is 6.64. The van der Waals surface area contributed by atoms with Gasteiger partial charge in [-0.3, -0.25) is 14.4 Å². The second-order valence-corrected chi connectivity index (χ2v) is 13.7. The lowest BCUT2D eigenvalue weighted by molar-refractivity contribution is -0.0494. The van der Waals surface area contributed by atoms with E-state index in [1.165, 1.54) is 16.8 Å². The minimum atomic E-state index is -3.04. The van der Waals surface area contributed by atoms with Gasteiger partial charge < -0.3 is 14.8 Å². The van der Waals surface area contributed by atoms with Crippen LogP contribution in [0.5, 0.6) is 5.75 Å². The molecule has 48 heavy (non-hydrogen) atoms. The summed E-state index contributed by atoms with van der Waals surface area (Å²) >= 11 is 1.68. The van der Waals surface area contributed by atoms with Crippen LogP contribution in [-0.2, 0) is 11.3 Å². The molecule has 13 nitrogen and oxygen atoms in total. The molecule has 250 valence electrons. The van der Waals surface area contributed by atoms with Crippen LogP contribution in [0, 0.1) is 0 Å². The number of fused-ring (bicyclic) bond motifs is 1. The number of benzene rings is 1. The maximum Gasteiger partial charge on any atom is 0.387 e. The number of anilines is 1. The quantitative estimate of drug-likeness (QED) is 0.209. The van der Waals surface area contributed by atoms with Crippen molar-refractivity contribution in [2.24, 2.45) is 0 Å². The van der Waals surface area contributed by atoms with E-state index in [2.05, 4.69) is 30.6 Å². The zero-order chi connectivity index (χ0) is 32.6. The van der Waals surface area contributed by atoms with Gasteiger partial charge in [-0.25, -0.2) is 14.2 Å². The summed E-state index contributed by atoms with van der Waals surface area (Å²) in [7, 11) is 0. The summed E-state index contributed by atoms with van der Waals surface area (Å²) < 4.78 is 42.7. The van der Waals surface area contributed by atoms with Gasteiger partial charge in [0.1, 0.15) is 22.7 Å². The van der Waals surface area contributed by atoms with Crippen LogP contribution in [0.25, 0.3) is 16.9 Å². The van der Waals surface area contributed by atoms with Gasteiger partial charge in [-0.1, -0.05) is 5.21 Å². The Labute approximate surface area is 278 Å². The van der Waals surface area contributed by atoms with E-state index >= 15 is 0 Å². The molecule has 3 aliphatic rings. The Morgan fingerprint density at radius 2 is 2.00 bits per heavy atom. The number of ether oxygens (including phenoxy) is 2. The number of piperidine rings is 1. The average molecular weight is 677 g/mol. The number of hydrogen-bond donors (Lipinski definition) is 1. The maximum absolute atomic E-state index is 13.6. The molecule has 1 N–H and O–H groups in total. The van der Waals surface area contributed by atoms with Gasteiger partial charge in [0, 0.05) is 60.0 Å². The third-order valence-corrected chi connectivity index (χ3v) is 10.3. The zero-order valence-corrected chi connectivity index (χ0v) is 26.8. The highest BCUT2D eigenvalue weighted by Gasteiger charge is 2.29. The van der Waals surface area contributed by atoms with E-state index in [0.717, 1.165) is 63.3 Å². The highest BCUT2D eigenvalue weighted by Crippen LogP contribution is 2.43. The van der Waals surface area contributed by atoms with Crippen molar-refractivity contribution in [2.75, 3.05) is 31.6 Å². The van der Waals surface area contributed by atoms with Crippen molar-refractivity contribution < 1.29 is 23.0 Å². The zero-order valence-electron chi connectivity index (χ0n) is 26.0. The Morgan fingerprint density at radius 3 is 2.79 bits per heavy atom. The van der Waals surface area contributed by atoms with Crippen molar-refractivity contribution in [1.29, 1.82) is 0 Å². The molecule has 2 aliphatic heterocycles. The Hall–Kier alpha value is -4.41. The molecule has 4 aromatic heterocycles. The molecule has 1 aromatic carbocycles. The Bertz CT molecular complexity index is 1910. The number of rotatable bonds is 11. The number of alkyl halides is 2. The molecule has 0 radical (unpaired) electrons. The van der Waals surface area contributed by atoms with Crippen LogP contribution in [0.4, 0.5) is 14.5 Å². The summed E-state index contributed by atoms with van der Waals surface area (Å²) in [6.07, 6.45) is 13.6. The summed E-state index contributed by atoms with van der Waals surface area (Å²) in [6.45, 7) is 0.833. The molecule has 1 unspecified atom stereocenters. The number of likely N-dealkylation sites (tertiary alicyclic amines) is 1. The number of hydrogen-bond acceptors (Lipinski definition) is 10. The van der Waals surface area contributed by atoms with E-state index < -0.39 is 12.5 Å². The minimum Gasteiger partial charge on any atom is -0.434 e. The maximum atomic E-state index is 13.6. The first kappa shape index (κ1) is 30.9. The molecule has 6 heterocycles. The van der Waals surface area contributed by atoms with Gasteiger partial charge in [-0.2, -0.15) is 19.0 Å². The van der Waals surface area contributed by atoms with Crippen LogP contribution >= 0.6 is 11.8 Å². The van der Waals surface area contributed by atoms with Gasteiger partial charge >= 0.3 is 6.61 Å². The molecular formula is C32H34F2N10O3S. The number of halogens is 2. The summed E-state index contributed by atoms with van der Waals surface area (Å²) in [5.41, 5.74) is 2.27. The molecule has 3 fully saturated rings. The van der Waals surface area contributed by atoms with Gasteiger partial charge in [0.2, 0.25) is 0 Å². The van der Waals surface area contributed by atoms with Crippen molar-refractivity contribution in [3.63, 3.8) is 0 Å². The van der Waals surface area contributed by atoms with Crippen molar-refractivity contribution >= 4 is 29.0 Å². The fourth-order valence-corrected chi connectivity index (χ4v) is 7.46. The van der Waals surface area contributed by atoms with Crippen LogP contribution in [0.2, 0.25) is 0 Å². The van der Waals surface area contributed by atoms with Crippen LogP contribution in [0.1, 0.15) is 54.2 Å². The smallest absolute Gasteiger partial charge is 0.387 e.